The number of rotatable bonds is 5. The average Bonchev–Trinajstić information content (AvgIpc) is 3.27. The number of H-pyrrole nitrogens is 1. The van der Waals surface area contributed by atoms with Crippen LogP contribution in [0.3, 0.4) is 0 Å². The summed E-state index contributed by atoms with van der Waals surface area (Å²) in [7, 11) is -3.85. The van der Waals surface area contributed by atoms with Crippen molar-refractivity contribution in [3.8, 4) is 0 Å². The first kappa shape index (κ1) is 17.0. The Balaban J connectivity index is 1.88. The molecule has 0 aliphatic heterocycles. The molecule has 2 heterocycles. The van der Waals surface area contributed by atoms with Crippen LogP contribution in [0.2, 0.25) is 0 Å². The van der Waals surface area contributed by atoms with E-state index in [2.05, 4.69) is 15.2 Å². The van der Waals surface area contributed by atoms with Crippen molar-refractivity contribution in [3.05, 3.63) is 65.3 Å². The molecule has 3 rings (SSSR count). The van der Waals surface area contributed by atoms with Crippen LogP contribution in [0.4, 0.5) is 4.39 Å². The van der Waals surface area contributed by atoms with Crippen molar-refractivity contribution < 1.29 is 22.7 Å². The van der Waals surface area contributed by atoms with E-state index in [9.17, 15) is 22.7 Å². The van der Waals surface area contributed by atoms with Crippen molar-refractivity contribution >= 4 is 32.7 Å². The Morgan fingerprint density at radius 1 is 1.28 bits per heavy atom. The molecule has 10 heteroatoms. The Kier molecular flexibility index (Phi) is 4.47. The molecule has 7 nitrogen and oxygen atoms in total. The monoisotopic (exact) mass is 379 g/mol. The molecule has 0 saturated carbocycles. The number of aromatic nitrogens is 3. The van der Waals surface area contributed by atoms with Crippen LogP contribution in [-0.4, -0.2) is 34.5 Å². The molecule has 0 spiro atoms. The molecule has 3 aromatic rings. The average molecular weight is 379 g/mol. The molecule has 1 aromatic carbocycles. The molecule has 0 amide bonds. The molecule has 0 aliphatic carbocycles. The molecule has 2 aromatic heterocycles. The van der Waals surface area contributed by atoms with Crippen LogP contribution in [0.25, 0.3) is 5.76 Å². The Morgan fingerprint density at radius 3 is 2.64 bits per heavy atom. The summed E-state index contributed by atoms with van der Waals surface area (Å²) < 4.78 is 37.8. The fourth-order valence-electron chi connectivity index (χ4n) is 1.92. The predicted molar refractivity (Wildman–Crippen MR) is 87.5 cm³/mol. The van der Waals surface area contributed by atoms with Crippen LogP contribution < -0.4 is 0 Å². The number of carbonyl (C=O) groups excluding carboxylic acids is 1. The minimum atomic E-state index is -3.85. The number of ketones is 1. The molecule has 0 fully saturated rings. The van der Waals surface area contributed by atoms with Gasteiger partial charge in [0.15, 0.2) is 11.5 Å². The van der Waals surface area contributed by atoms with Crippen molar-refractivity contribution in [2.24, 2.45) is 0 Å². The summed E-state index contributed by atoms with van der Waals surface area (Å²) >= 11 is 0.858. The van der Waals surface area contributed by atoms with Gasteiger partial charge in [0.25, 0.3) is 0 Å². The third-order valence-electron chi connectivity index (χ3n) is 3.16. The number of nitrogens with zero attached hydrogens (tertiary/aromatic N) is 2. The summed E-state index contributed by atoms with van der Waals surface area (Å²) in [6, 6.07) is 5.60. The lowest BCUT2D eigenvalue weighted by Crippen LogP contribution is -2.00. The summed E-state index contributed by atoms with van der Waals surface area (Å²) in [6.45, 7) is 0. The second kappa shape index (κ2) is 6.57. The van der Waals surface area contributed by atoms with Crippen molar-refractivity contribution in [1.82, 2.24) is 15.2 Å². The Morgan fingerprint density at radius 2 is 2.00 bits per heavy atom. The highest BCUT2D eigenvalue weighted by Gasteiger charge is 2.21. The molecule has 128 valence electrons. The maximum Gasteiger partial charge on any atom is 0.215 e. The van der Waals surface area contributed by atoms with E-state index in [1.807, 2.05) is 0 Å². The molecule has 0 atom stereocenters. The maximum absolute atomic E-state index is 12.9. The number of hydrogen-bond donors (Lipinski definition) is 2. The van der Waals surface area contributed by atoms with E-state index < -0.39 is 27.2 Å². The first-order valence-corrected chi connectivity index (χ1v) is 9.14. The highest BCUT2D eigenvalue weighted by atomic mass is 32.2. The Hall–Kier alpha value is -2.85. The molecule has 0 aliphatic rings. The van der Waals surface area contributed by atoms with E-state index >= 15 is 0 Å². The van der Waals surface area contributed by atoms with Crippen molar-refractivity contribution in [2.75, 3.05) is 0 Å². The molecule has 0 radical (unpaired) electrons. The summed E-state index contributed by atoms with van der Waals surface area (Å²) in [5.74, 6) is -1.64. The van der Waals surface area contributed by atoms with E-state index in [4.69, 9.17) is 0 Å². The van der Waals surface area contributed by atoms with Crippen molar-refractivity contribution in [3.63, 3.8) is 0 Å². The first-order valence-electron chi connectivity index (χ1n) is 6.78. The van der Waals surface area contributed by atoms with Gasteiger partial charge >= 0.3 is 0 Å². The van der Waals surface area contributed by atoms with Crippen LogP contribution in [0.15, 0.2) is 57.2 Å². The Bertz CT molecular complexity index is 1040. The summed E-state index contributed by atoms with van der Waals surface area (Å²) in [5.41, 5.74) is 0.0905. The number of hydrogen-bond acceptors (Lipinski definition) is 7. The third kappa shape index (κ3) is 3.49. The number of nitrogens with one attached hydrogen (secondary N) is 1. The van der Waals surface area contributed by atoms with Gasteiger partial charge in [-0.05, 0) is 30.3 Å². The number of aliphatic hydroxyl groups is 1. The smallest absolute Gasteiger partial charge is 0.215 e. The molecule has 25 heavy (non-hydrogen) atoms. The van der Waals surface area contributed by atoms with Crippen LogP contribution in [-0.2, 0) is 9.84 Å². The minimum Gasteiger partial charge on any atom is -0.504 e. The Labute approximate surface area is 145 Å². The van der Waals surface area contributed by atoms with Gasteiger partial charge in [-0.3, -0.25) is 9.89 Å². The van der Waals surface area contributed by atoms with Crippen LogP contribution in [0, 0.1) is 5.82 Å². The van der Waals surface area contributed by atoms with E-state index in [0.29, 0.717) is 0 Å². The number of sulfone groups is 1. The summed E-state index contributed by atoms with van der Waals surface area (Å²) in [5, 5.41) is 17.1. The molecular formula is C15H10FN3O4S2. The molecule has 0 saturated heterocycles. The number of carbonyl (C=O) groups is 1. The standard InChI is InChI=1S/C15H10FN3O4S2/c16-10-1-3-11(4-2-10)25(22,23)14-5-9(7-24-14)12(20)6-13(21)15-17-8-18-19-15/h1-8,21H,(H,17,18,19). The van der Waals surface area contributed by atoms with E-state index in [1.165, 1.54) is 17.8 Å². The minimum absolute atomic E-state index is 0.0530. The number of halogens is 1. The zero-order valence-corrected chi connectivity index (χ0v) is 14.0. The lowest BCUT2D eigenvalue weighted by molar-refractivity contribution is 0.104. The normalized spacial score (nSPS) is 12.3. The topological polar surface area (TPSA) is 113 Å². The molecular weight excluding hydrogens is 369 g/mol. The van der Waals surface area contributed by atoms with Gasteiger partial charge in [-0.25, -0.2) is 17.8 Å². The van der Waals surface area contributed by atoms with Crippen LogP contribution in [0.1, 0.15) is 16.2 Å². The highest BCUT2D eigenvalue weighted by Crippen LogP contribution is 2.27. The van der Waals surface area contributed by atoms with Crippen LogP contribution >= 0.6 is 11.3 Å². The second-order valence-corrected chi connectivity index (χ2v) is 7.92. The lowest BCUT2D eigenvalue weighted by Gasteiger charge is -2.01. The summed E-state index contributed by atoms with van der Waals surface area (Å²) in [6.07, 6.45) is 2.14. The summed E-state index contributed by atoms with van der Waals surface area (Å²) in [4.78, 5) is 15.7. The molecule has 0 unspecified atom stereocenters. The number of aliphatic hydroxyl groups excluding tert-OH is 1. The second-order valence-electron chi connectivity index (χ2n) is 4.83. The number of thiophene rings is 1. The van der Waals surface area contributed by atoms with Gasteiger partial charge in [-0.2, -0.15) is 5.10 Å². The first-order chi connectivity index (χ1) is 11.9. The largest absolute Gasteiger partial charge is 0.504 e. The van der Waals surface area contributed by atoms with Gasteiger partial charge in [0.1, 0.15) is 16.4 Å². The number of aromatic amines is 1. The quantitative estimate of drug-likeness (QED) is 0.305. The van der Waals surface area contributed by atoms with Gasteiger partial charge in [0.05, 0.1) is 4.90 Å². The van der Waals surface area contributed by atoms with Crippen molar-refractivity contribution in [2.45, 2.75) is 9.10 Å². The van der Waals surface area contributed by atoms with Gasteiger partial charge in [-0.15, -0.1) is 11.3 Å². The number of benzene rings is 1. The van der Waals surface area contributed by atoms with E-state index in [1.54, 1.807) is 0 Å². The van der Waals surface area contributed by atoms with E-state index in [0.717, 1.165) is 41.7 Å². The zero-order valence-electron chi connectivity index (χ0n) is 12.4. The van der Waals surface area contributed by atoms with Gasteiger partial charge in [0, 0.05) is 17.0 Å². The third-order valence-corrected chi connectivity index (χ3v) is 6.37. The van der Waals surface area contributed by atoms with Gasteiger partial charge in [-0.1, -0.05) is 0 Å². The SMILES string of the molecule is O=C(C=C(O)c1nc[nH]n1)c1csc(S(=O)(=O)c2ccc(F)cc2)c1. The fraction of sp³-hybridized carbons (Fsp3) is 0. The van der Waals surface area contributed by atoms with E-state index in [-0.39, 0.29) is 20.5 Å². The van der Waals surface area contributed by atoms with Gasteiger partial charge < -0.3 is 5.11 Å². The fourth-order valence-corrected chi connectivity index (χ4v) is 4.49. The maximum atomic E-state index is 12.9. The van der Waals surface area contributed by atoms with Gasteiger partial charge in [0.2, 0.25) is 15.7 Å². The zero-order chi connectivity index (χ0) is 18.0. The number of allylic oxidation sites excluding steroid dienone is 1. The van der Waals surface area contributed by atoms with Crippen LogP contribution in [0.5, 0.6) is 0 Å². The molecule has 0 bridgehead atoms. The highest BCUT2D eigenvalue weighted by molar-refractivity contribution is 7.93. The van der Waals surface area contributed by atoms with Crippen molar-refractivity contribution in [1.29, 1.82) is 0 Å². The molecule has 2 N–H and O–H groups in total. The lowest BCUT2D eigenvalue weighted by atomic mass is 10.2. The predicted octanol–water partition coefficient (Wildman–Crippen LogP) is 2.62.